The summed E-state index contributed by atoms with van der Waals surface area (Å²) in [7, 11) is 0. The molecule has 3 atom stereocenters. The summed E-state index contributed by atoms with van der Waals surface area (Å²) in [4.78, 5) is 45.4. The molecule has 0 aromatic rings. The van der Waals surface area contributed by atoms with Gasteiger partial charge in [0, 0.05) is 12.1 Å². The van der Waals surface area contributed by atoms with E-state index in [4.69, 9.17) is 4.74 Å². The molecule has 0 N–H and O–H groups in total. The Labute approximate surface area is 187 Å². The summed E-state index contributed by atoms with van der Waals surface area (Å²) in [6.45, 7) is 12.1. The predicted molar refractivity (Wildman–Crippen MR) is 119 cm³/mol. The van der Waals surface area contributed by atoms with Gasteiger partial charge in [-0.3, -0.25) is 29.1 Å². The zero-order chi connectivity index (χ0) is 22.6. The van der Waals surface area contributed by atoms with Crippen molar-refractivity contribution in [3.8, 4) is 0 Å². The number of esters is 1. The number of imide groups is 1. The van der Waals surface area contributed by atoms with E-state index in [1.165, 1.54) is 11.3 Å². The molecular formula is C24H41N3O4. The number of piperidine rings is 3. The molecular weight excluding hydrogens is 394 g/mol. The highest BCUT2D eigenvalue weighted by Gasteiger charge is 2.61. The molecule has 0 aromatic carbocycles. The lowest BCUT2D eigenvalue weighted by molar-refractivity contribution is -0.181. The van der Waals surface area contributed by atoms with Gasteiger partial charge >= 0.3 is 5.97 Å². The zero-order valence-electron chi connectivity index (χ0n) is 19.9. The quantitative estimate of drug-likeness (QED) is 0.452. The molecule has 1 spiro atoms. The first kappa shape index (κ1) is 24.2. The number of hydrogen-bond donors (Lipinski definition) is 0. The first-order valence-corrected chi connectivity index (χ1v) is 12.4. The van der Waals surface area contributed by atoms with Gasteiger partial charge in [-0.2, -0.15) is 0 Å². The standard InChI is InChI=1S/C24H41N3O4/c1-5-20-11-10-15-26(16-12-21(28)31-6-2)24(20)18(3)22(29)27(23(30)19(24)4)17-25-13-8-7-9-14-25/h18-20H,5-17H2,1-4H3. The number of ether oxygens (including phenoxy) is 1. The van der Waals surface area contributed by atoms with Gasteiger partial charge < -0.3 is 4.74 Å². The van der Waals surface area contributed by atoms with Crippen molar-refractivity contribution < 1.29 is 19.1 Å². The third-order valence-corrected chi connectivity index (χ3v) is 8.02. The fraction of sp³-hybridized carbons (Fsp3) is 0.875. The molecule has 3 aliphatic heterocycles. The van der Waals surface area contributed by atoms with Crippen molar-refractivity contribution in [3.05, 3.63) is 0 Å². The molecule has 3 fully saturated rings. The SMILES string of the molecule is CCOC(=O)CCN1CCCC(CC)C12C(C)C(=O)N(CN1CCCCC1)C(=O)C2C. The Morgan fingerprint density at radius 1 is 1.00 bits per heavy atom. The summed E-state index contributed by atoms with van der Waals surface area (Å²) in [5.74, 6) is -0.601. The Morgan fingerprint density at radius 2 is 1.65 bits per heavy atom. The minimum absolute atomic E-state index is 0.0461. The molecule has 0 aliphatic carbocycles. The highest BCUT2D eigenvalue weighted by molar-refractivity contribution is 6.01. The third-order valence-electron chi connectivity index (χ3n) is 8.02. The normalized spacial score (nSPS) is 33.2. The van der Waals surface area contributed by atoms with E-state index in [0.29, 0.717) is 26.2 Å². The Morgan fingerprint density at radius 3 is 2.23 bits per heavy atom. The average molecular weight is 436 g/mol. The van der Waals surface area contributed by atoms with E-state index in [1.807, 2.05) is 20.8 Å². The molecule has 31 heavy (non-hydrogen) atoms. The maximum atomic E-state index is 13.6. The number of carbonyl (C=O) groups excluding carboxylic acids is 3. The molecule has 0 radical (unpaired) electrons. The molecule has 3 heterocycles. The Hall–Kier alpha value is -1.47. The zero-order valence-corrected chi connectivity index (χ0v) is 19.9. The minimum atomic E-state index is -0.522. The largest absolute Gasteiger partial charge is 0.466 e. The van der Waals surface area contributed by atoms with E-state index in [2.05, 4.69) is 16.7 Å². The van der Waals surface area contributed by atoms with Crippen molar-refractivity contribution in [2.45, 2.75) is 78.2 Å². The smallest absolute Gasteiger partial charge is 0.307 e. The summed E-state index contributed by atoms with van der Waals surface area (Å²) in [5.41, 5.74) is -0.522. The average Bonchev–Trinajstić information content (AvgIpc) is 2.79. The van der Waals surface area contributed by atoms with E-state index < -0.39 is 5.54 Å². The number of amides is 2. The van der Waals surface area contributed by atoms with Crippen LogP contribution in [0.3, 0.4) is 0 Å². The van der Waals surface area contributed by atoms with Crippen molar-refractivity contribution in [1.29, 1.82) is 0 Å². The lowest BCUT2D eigenvalue weighted by atomic mass is 9.59. The highest BCUT2D eigenvalue weighted by Crippen LogP contribution is 2.49. The van der Waals surface area contributed by atoms with Crippen LogP contribution in [-0.2, 0) is 19.1 Å². The first-order valence-electron chi connectivity index (χ1n) is 12.4. The number of nitrogens with zero attached hydrogens (tertiary/aromatic N) is 3. The van der Waals surface area contributed by atoms with Crippen LogP contribution in [0.5, 0.6) is 0 Å². The van der Waals surface area contributed by atoms with Gasteiger partial charge in [0.2, 0.25) is 11.8 Å². The van der Waals surface area contributed by atoms with Crippen LogP contribution in [0.15, 0.2) is 0 Å². The van der Waals surface area contributed by atoms with Crippen molar-refractivity contribution in [1.82, 2.24) is 14.7 Å². The fourth-order valence-corrected chi connectivity index (χ4v) is 6.55. The van der Waals surface area contributed by atoms with Crippen LogP contribution < -0.4 is 0 Å². The Bertz CT molecular complexity index is 639. The van der Waals surface area contributed by atoms with Crippen molar-refractivity contribution in [2.24, 2.45) is 17.8 Å². The van der Waals surface area contributed by atoms with E-state index >= 15 is 0 Å². The topological polar surface area (TPSA) is 70.2 Å². The van der Waals surface area contributed by atoms with Crippen LogP contribution in [0.25, 0.3) is 0 Å². The summed E-state index contributed by atoms with van der Waals surface area (Å²) >= 11 is 0. The van der Waals surface area contributed by atoms with Gasteiger partial charge in [0.15, 0.2) is 0 Å². The first-order chi connectivity index (χ1) is 14.9. The highest BCUT2D eigenvalue weighted by atomic mass is 16.5. The van der Waals surface area contributed by atoms with Gasteiger partial charge in [-0.15, -0.1) is 0 Å². The predicted octanol–water partition coefficient (Wildman–Crippen LogP) is 2.88. The van der Waals surface area contributed by atoms with E-state index in [-0.39, 0.29) is 35.5 Å². The van der Waals surface area contributed by atoms with Crippen LogP contribution in [0.1, 0.15) is 72.6 Å². The van der Waals surface area contributed by atoms with Gasteiger partial charge in [-0.05, 0) is 58.2 Å². The van der Waals surface area contributed by atoms with Crippen LogP contribution in [-0.4, -0.2) is 77.5 Å². The van der Waals surface area contributed by atoms with Gasteiger partial charge in [-0.25, -0.2) is 0 Å². The second-order valence-electron chi connectivity index (χ2n) is 9.54. The molecule has 3 aliphatic rings. The van der Waals surface area contributed by atoms with Crippen LogP contribution >= 0.6 is 0 Å². The summed E-state index contributed by atoms with van der Waals surface area (Å²) in [6, 6.07) is 0. The molecule has 0 bridgehead atoms. The Kier molecular flexibility index (Phi) is 8.14. The molecule has 3 rings (SSSR count). The molecule has 7 nitrogen and oxygen atoms in total. The monoisotopic (exact) mass is 435 g/mol. The van der Waals surface area contributed by atoms with Gasteiger partial charge in [0.05, 0.1) is 31.5 Å². The molecule has 2 amide bonds. The minimum Gasteiger partial charge on any atom is -0.466 e. The molecule has 0 saturated carbocycles. The van der Waals surface area contributed by atoms with Crippen LogP contribution in [0, 0.1) is 17.8 Å². The van der Waals surface area contributed by atoms with Gasteiger partial charge in [-0.1, -0.05) is 33.6 Å². The lowest BCUT2D eigenvalue weighted by Crippen LogP contribution is -2.73. The molecule has 0 aromatic heterocycles. The molecule has 7 heteroatoms. The van der Waals surface area contributed by atoms with Crippen molar-refractivity contribution in [3.63, 3.8) is 0 Å². The van der Waals surface area contributed by atoms with E-state index in [1.54, 1.807) is 0 Å². The second-order valence-corrected chi connectivity index (χ2v) is 9.54. The van der Waals surface area contributed by atoms with Gasteiger partial charge in [0.1, 0.15) is 0 Å². The fourth-order valence-electron chi connectivity index (χ4n) is 6.55. The summed E-state index contributed by atoms with van der Waals surface area (Å²) < 4.78 is 5.15. The van der Waals surface area contributed by atoms with Crippen molar-refractivity contribution in [2.75, 3.05) is 39.5 Å². The molecule has 3 saturated heterocycles. The lowest BCUT2D eigenvalue weighted by Gasteiger charge is -2.60. The Balaban J connectivity index is 1.86. The molecule has 3 unspecified atom stereocenters. The number of carbonyl (C=O) groups is 3. The third kappa shape index (κ3) is 4.54. The van der Waals surface area contributed by atoms with E-state index in [0.717, 1.165) is 51.7 Å². The molecule has 176 valence electrons. The van der Waals surface area contributed by atoms with Crippen molar-refractivity contribution >= 4 is 17.8 Å². The van der Waals surface area contributed by atoms with Crippen LogP contribution in [0.2, 0.25) is 0 Å². The summed E-state index contributed by atoms with van der Waals surface area (Å²) in [6.07, 6.45) is 6.76. The number of rotatable bonds is 7. The number of likely N-dealkylation sites (tertiary alicyclic amines) is 3. The van der Waals surface area contributed by atoms with Crippen LogP contribution in [0.4, 0.5) is 0 Å². The maximum Gasteiger partial charge on any atom is 0.307 e. The summed E-state index contributed by atoms with van der Waals surface area (Å²) in [5, 5.41) is 0. The van der Waals surface area contributed by atoms with Gasteiger partial charge in [0.25, 0.3) is 0 Å². The maximum absolute atomic E-state index is 13.6. The number of hydrogen-bond acceptors (Lipinski definition) is 6. The van der Waals surface area contributed by atoms with E-state index in [9.17, 15) is 14.4 Å². The second kappa shape index (κ2) is 10.4.